The minimum atomic E-state index is -0.989. The molecule has 100 valence electrons. The second-order valence-corrected chi connectivity index (χ2v) is 3.14. The molecule has 0 heterocycles. The molecule has 0 aliphatic carbocycles. The largest absolute Gasteiger partial charge is 0.291 e. The van der Waals surface area contributed by atoms with Gasteiger partial charge >= 0.3 is 0 Å². The van der Waals surface area contributed by atoms with Gasteiger partial charge in [-0.05, 0) is 5.92 Å². The molecule has 0 N–H and O–H groups in total. The maximum atomic E-state index is 11.9. The summed E-state index contributed by atoms with van der Waals surface area (Å²) in [6.07, 6.45) is 3.20. The van der Waals surface area contributed by atoms with Crippen LogP contribution in [-0.2, 0) is 4.79 Å². The van der Waals surface area contributed by atoms with Gasteiger partial charge in [-0.3, -0.25) is 4.79 Å². The molecule has 0 unspecified atom stereocenters. The quantitative estimate of drug-likeness (QED) is 0.495. The summed E-state index contributed by atoms with van der Waals surface area (Å²) in [5, 5.41) is 0. The van der Waals surface area contributed by atoms with Crippen LogP contribution in [0.15, 0.2) is 36.5 Å². The molecule has 0 spiro atoms. The van der Waals surface area contributed by atoms with Crippen molar-refractivity contribution in [2.75, 3.05) is 6.67 Å². The zero-order valence-corrected chi connectivity index (χ0v) is 12.1. The number of alkyl halides is 1. The highest BCUT2D eigenvalue weighted by Crippen LogP contribution is 2.09. The highest BCUT2D eigenvalue weighted by molar-refractivity contribution is 5.98. The highest BCUT2D eigenvalue weighted by atomic mass is 19.1. The third kappa shape index (κ3) is 12.8. The zero-order valence-electron chi connectivity index (χ0n) is 12.1. The van der Waals surface area contributed by atoms with E-state index in [1.54, 1.807) is 6.08 Å². The first-order chi connectivity index (χ1) is 7.99. The van der Waals surface area contributed by atoms with Crippen LogP contribution in [0.3, 0.4) is 0 Å². The van der Waals surface area contributed by atoms with Crippen LogP contribution in [0.4, 0.5) is 4.39 Å². The SMILES string of the molecule is C=C(/C=C\C(=C)C(C)C)C(=O)CF.CC.CC. The standard InChI is InChI=1S/C11H15FO.2C2H6/c1-8(2)9(3)5-6-10(4)11(13)7-12;2*1-2/h5-6,8H,3-4,7H2,1-2H3;2*1-2H3/b6-5-;;. The van der Waals surface area contributed by atoms with Crippen molar-refractivity contribution in [1.82, 2.24) is 0 Å². The Balaban J connectivity index is -0.000000439. The smallest absolute Gasteiger partial charge is 0.193 e. The minimum absolute atomic E-state index is 0.185. The van der Waals surface area contributed by atoms with E-state index in [9.17, 15) is 9.18 Å². The van der Waals surface area contributed by atoms with Crippen LogP contribution in [-0.4, -0.2) is 12.5 Å². The molecule has 1 nitrogen and oxygen atoms in total. The van der Waals surface area contributed by atoms with Crippen LogP contribution < -0.4 is 0 Å². The number of allylic oxidation sites excluding steroid dienone is 4. The predicted octanol–water partition coefficient (Wildman–Crippen LogP) is 4.90. The van der Waals surface area contributed by atoms with Crippen LogP contribution in [0.25, 0.3) is 0 Å². The Labute approximate surface area is 106 Å². The lowest BCUT2D eigenvalue weighted by molar-refractivity contribution is -0.116. The molecule has 0 bridgehead atoms. The molecule has 0 amide bonds. The van der Waals surface area contributed by atoms with Gasteiger partial charge in [0.15, 0.2) is 12.5 Å². The third-order valence-electron chi connectivity index (χ3n) is 1.72. The van der Waals surface area contributed by atoms with E-state index in [0.717, 1.165) is 5.57 Å². The lowest BCUT2D eigenvalue weighted by atomic mass is 10.0. The Morgan fingerprint density at radius 3 is 1.82 bits per heavy atom. The van der Waals surface area contributed by atoms with Gasteiger partial charge in [-0.15, -0.1) is 0 Å². The van der Waals surface area contributed by atoms with Crippen molar-refractivity contribution < 1.29 is 9.18 Å². The zero-order chi connectivity index (χ0) is 14.4. The van der Waals surface area contributed by atoms with Crippen molar-refractivity contribution in [2.45, 2.75) is 41.5 Å². The molecule has 0 atom stereocenters. The summed E-state index contributed by atoms with van der Waals surface area (Å²) < 4.78 is 11.9. The van der Waals surface area contributed by atoms with Gasteiger partial charge in [0.2, 0.25) is 0 Å². The van der Waals surface area contributed by atoms with E-state index in [0.29, 0.717) is 5.92 Å². The first-order valence-corrected chi connectivity index (χ1v) is 6.14. The molecule has 0 aliphatic rings. The molecule has 0 radical (unpaired) electrons. The van der Waals surface area contributed by atoms with Gasteiger partial charge in [-0.2, -0.15) is 0 Å². The predicted molar refractivity (Wildman–Crippen MR) is 75.9 cm³/mol. The molecule has 0 aromatic carbocycles. The normalized spacial score (nSPS) is 8.94. The lowest BCUT2D eigenvalue weighted by Crippen LogP contribution is -2.01. The molecule has 0 rings (SSSR count). The van der Waals surface area contributed by atoms with Crippen molar-refractivity contribution >= 4 is 5.78 Å². The topological polar surface area (TPSA) is 17.1 Å². The molecular formula is C15H27FO. The first kappa shape index (κ1) is 21.1. The highest BCUT2D eigenvalue weighted by Gasteiger charge is 2.02. The van der Waals surface area contributed by atoms with E-state index in [-0.39, 0.29) is 5.57 Å². The van der Waals surface area contributed by atoms with Gasteiger partial charge in [-0.1, -0.05) is 72.4 Å². The van der Waals surface area contributed by atoms with Gasteiger partial charge in [0, 0.05) is 5.57 Å². The lowest BCUT2D eigenvalue weighted by Gasteiger charge is -2.02. The molecule has 17 heavy (non-hydrogen) atoms. The fourth-order valence-electron chi connectivity index (χ4n) is 0.579. The summed E-state index contributed by atoms with van der Waals surface area (Å²) >= 11 is 0. The van der Waals surface area contributed by atoms with Crippen LogP contribution in [0, 0.1) is 5.92 Å². The Kier molecular flexibility index (Phi) is 18.4. The number of hydrogen-bond acceptors (Lipinski definition) is 1. The molecule has 0 saturated heterocycles. The Morgan fingerprint density at radius 2 is 1.53 bits per heavy atom. The molecular weight excluding hydrogens is 215 g/mol. The fourth-order valence-corrected chi connectivity index (χ4v) is 0.579. The van der Waals surface area contributed by atoms with Crippen LogP contribution in [0.5, 0.6) is 0 Å². The summed E-state index contributed by atoms with van der Waals surface area (Å²) in [4.78, 5) is 10.7. The summed E-state index contributed by atoms with van der Waals surface area (Å²) in [5.41, 5.74) is 1.08. The minimum Gasteiger partial charge on any atom is -0.291 e. The van der Waals surface area contributed by atoms with E-state index >= 15 is 0 Å². The number of halogens is 1. The second kappa shape index (κ2) is 14.8. The van der Waals surface area contributed by atoms with Crippen LogP contribution in [0.1, 0.15) is 41.5 Å². The Bertz CT molecular complexity index is 250. The fraction of sp³-hybridized carbons (Fsp3) is 0.533. The van der Waals surface area contributed by atoms with Crippen molar-refractivity contribution in [1.29, 1.82) is 0 Å². The maximum Gasteiger partial charge on any atom is 0.193 e. The van der Waals surface area contributed by atoms with Crippen molar-refractivity contribution in [2.24, 2.45) is 5.92 Å². The Hall–Kier alpha value is -1.18. The summed E-state index contributed by atoms with van der Waals surface area (Å²) in [6, 6.07) is 0. The van der Waals surface area contributed by atoms with Crippen LogP contribution in [0.2, 0.25) is 0 Å². The number of ketones is 1. The van der Waals surface area contributed by atoms with E-state index in [4.69, 9.17) is 0 Å². The van der Waals surface area contributed by atoms with Gasteiger partial charge in [-0.25, -0.2) is 4.39 Å². The van der Waals surface area contributed by atoms with Crippen molar-refractivity contribution in [3.8, 4) is 0 Å². The van der Waals surface area contributed by atoms with E-state index < -0.39 is 12.5 Å². The number of hydrogen-bond donors (Lipinski definition) is 0. The molecule has 0 aromatic rings. The third-order valence-corrected chi connectivity index (χ3v) is 1.72. The second-order valence-electron chi connectivity index (χ2n) is 3.14. The summed E-state index contributed by atoms with van der Waals surface area (Å²) in [5.74, 6) is -0.252. The van der Waals surface area contributed by atoms with Gasteiger partial charge < -0.3 is 0 Å². The van der Waals surface area contributed by atoms with Gasteiger partial charge in [0.05, 0.1) is 0 Å². The van der Waals surface area contributed by atoms with E-state index in [1.807, 2.05) is 41.5 Å². The van der Waals surface area contributed by atoms with Crippen LogP contribution >= 0.6 is 0 Å². The number of Topliss-reactive ketones (excluding diaryl/α,β-unsaturated/α-hetero) is 1. The van der Waals surface area contributed by atoms with Crippen molar-refractivity contribution in [3.63, 3.8) is 0 Å². The Morgan fingerprint density at radius 1 is 1.12 bits per heavy atom. The molecule has 0 aliphatic heterocycles. The average molecular weight is 242 g/mol. The van der Waals surface area contributed by atoms with E-state index in [1.165, 1.54) is 6.08 Å². The van der Waals surface area contributed by atoms with Gasteiger partial charge in [0.25, 0.3) is 0 Å². The molecule has 0 saturated carbocycles. The molecule has 0 fully saturated rings. The maximum absolute atomic E-state index is 11.9. The number of rotatable bonds is 5. The monoisotopic (exact) mass is 242 g/mol. The average Bonchev–Trinajstić information content (AvgIpc) is 2.38. The van der Waals surface area contributed by atoms with E-state index in [2.05, 4.69) is 13.2 Å². The summed E-state index contributed by atoms with van der Waals surface area (Å²) in [7, 11) is 0. The summed E-state index contributed by atoms with van der Waals surface area (Å²) in [6.45, 7) is 18.2. The molecule has 0 aromatic heterocycles. The number of carbonyl (C=O) groups excluding carboxylic acids is 1. The number of carbonyl (C=O) groups is 1. The molecule has 2 heteroatoms. The van der Waals surface area contributed by atoms with Gasteiger partial charge in [0.1, 0.15) is 0 Å². The first-order valence-electron chi connectivity index (χ1n) is 6.14. The van der Waals surface area contributed by atoms with Crippen molar-refractivity contribution in [3.05, 3.63) is 36.5 Å².